The second-order valence-corrected chi connectivity index (χ2v) is 7.27. The summed E-state index contributed by atoms with van der Waals surface area (Å²) in [7, 11) is 0. The van der Waals surface area contributed by atoms with Crippen molar-refractivity contribution >= 4 is 58.0 Å². The minimum absolute atomic E-state index is 0.0582. The molecule has 2 aromatic rings. The Bertz CT molecular complexity index is 917. The third-order valence-electron chi connectivity index (χ3n) is 4.07. The maximum Gasteiger partial charge on any atom is 0.257 e. The van der Waals surface area contributed by atoms with Gasteiger partial charge in [-0.25, -0.2) is 0 Å². The largest absolute Gasteiger partial charge is 0.378 e. The molecule has 0 saturated carbocycles. The summed E-state index contributed by atoms with van der Waals surface area (Å²) in [5.41, 5.74) is 1.27. The molecular formula is C19H17Cl2N3O3S. The molecule has 0 bridgehead atoms. The molecule has 1 saturated heterocycles. The molecule has 0 aromatic heterocycles. The van der Waals surface area contributed by atoms with Gasteiger partial charge in [0.25, 0.3) is 11.8 Å². The highest BCUT2D eigenvalue weighted by Gasteiger charge is 2.19. The molecule has 0 aliphatic carbocycles. The fraction of sp³-hybridized carbons (Fsp3) is 0.211. The number of hydrogen-bond acceptors (Lipinski definition) is 4. The van der Waals surface area contributed by atoms with Gasteiger partial charge in [-0.05, 0) is 48.6 Å². The number of thiocarbonyl (C=S) groups is 1. The summed E-state index contributed by atoms with van der Waals surface area (Å²) < 4.78 is 5.27. The third kappa shape index (κ3) is 5.20. The van der Waals surface area contributed by atoms with Gasteiger partial charge in [-0.2, -0.15) is 0 Å². The number of hydrogen-bond donors (Lipinski definition) is 2. The Kier molecular flexibility index (Phi) is 6.85. The monoisotopic (exact) mass is 437 g/mol. The number of ether oxygens (including phenoxy) is 1. The van der Waals surface area contributed by atoms with Crippen LogP contribution in [0.15, 0.2) is 42.5 Å². The van der Waals surface area contributed by atoms with E-state index in [0.29, 0.717) is 53.2 Å². The highest BCUT2D eigenvalue weighted by atomic mass is 35.5. The molecular weight excluding hydrogens is 421 g/mol. The molecule has 6 nitrogen and oxygen atoms in total. The number of anilines is 1. The fourth-order valence-corrected chi connectivity index (χ4v) is 3.22. The predicted molar refractivity (Wildman–Crippen MR) is 113 cm³/mol. The number of carbonyl (C=O) groups excluding carboxylic acids is 2. The number of halogens is 2. The van der Waals surface area contributed by atoms with Gasteiger partial charge < -0.3 is 15.0 Å². The van der Waals surface area contributed by atoms with E-state index in [1.54, 1.807) is 41.3 Å². The first kappa shape index (κ1) is 20.5. The number of benzene rings is 2. The highest BCUT2D eigenvalue weighted by Crippen LogP contribution is 2.24. The van der Waals surface area contributed by atoms with Gasteiger partial charge in [0.15, 0.2) is 5.11 Å². The van der Waals surface area contributed by atoms with Crippen molar-refractivity contribution in [2.45, 2.75) is 0 Å². The van der Waals surface area contributed by atoms with Crippen LogP contribution in [0.3, 0.4) is 0 Å². The predicted octanol–water partition coefficient (Wildman–Crippen LogP) is 3.59. The van der Waals surface area contributed by atoms with Gasteiger partial charge >= 0.3 is 0 Å². The van der Waals surface area contributed by atoms with Gasteiger partial charge in [0.05, 0.1) is 23.9 Å². The van der Waals surface area contributed by atoms with Crippen LogP contribution in [0.5, 0.6) is 0 Å². The second kappa shape index (κ2) is 9.34. The molecule has 0 spiro atoms. The number of amides is 2. The molecule has 2 N–H and O–H groups in total. The van der Waals surface area contributed by atoms with Gasteiger partial charge in [0, 0.05) is 29.2 Å². The maximum atomic E-state index is 12.6. The molecule has 28 heavy (non-hydrogen) atoms. The lowest BCUT2D eigenvalue weighted by atomic mass is 10.1. The Morgan fingerprint density at radius 1 is 1.04 bits per heavy atom. The number of carbonyl (C=O) groups is 2. The smallest absolute Gasteiger partial charge is 0.257 e. The SMILES string of the molecule is O=C(NC(=S)Nc1cc(C(=O)N2CCOCC2)ccc1Cl)c1cccc(Cl)c1. The van der Waals surface area contributed by atoms with Gasteiger partial charge in [-0.3, -0.25) is 14.9 Å². The molecule has 146 valence electrons. The average Bonchev–Trinajstić information content (AvgIpc) is 2.69. The Morgan fingerprint density at radius 2 is 1.79 bits per heavy atom. The fourth-order valence-electron chi connectivity index (χ4n) is 2.66. The van der Waals surface area contributed by atoms with E-state index in [-0.39, 0.29) is 11.0 Å². The van der Waals surface area contributed by atoms with Crippen LogP contribution < -0.4 is 10.6 Å². The zero-order chi connectivity index (χ0) is 20.1. The molecule has 0 atom stereocenters. The Hall–Kier alpha value is -2.19. The van der Waals surface area contributed by atoms with Crippen LogP contribution >= 0.6 is 35.4 Å². The van der Waals surface area contributed by atoms with Crippen molar-refractivity contribution in [3.05, 3.63) is 63.6 Å². The first-order chi connectivity index (χ1) is 13.4. The van der Waals surface area contributed by atoms with Crippen LogP contribution in [-0.4, -0.2) is 48.1 Å². The summed E-state index contributed by atoms with van der Waals surface area (Å²) in [6.07, 6.45) is 0. The molecule has 0 unspecified atom stereocenters. The summed E-state index contributed by atoms with van der Waals surface area (Å²) in [6.45, 7) is 2.12. The molecule has 1 fully saturated rings. The van der Waals surface area contributed by atoms with E-state index < -0.39 is 5.91 Å². The Labute approximate surface area is 177 Å². The van der Waals surface area contributed by atoms with Crippen LogP contribution in [0.1, 0.15) is 20.7 Å². The highest BCUT2D eigenvalue weighted by molar-refractivity contribution is 7.80. The summed E-state index contributed by atoms with van der Waals surface area (Å²) >= 11 is 17.3. The van der Waals surface area contributed by atoms with E-state index in [1.165, 1.54) is 6.07 Å². The molecule has 1 aliphatic heterocycles. The standard InChI is InChI=1S/C19H17Cl2N3O3S/c20-14-3-1-2-12(10-14)17(25)23-19(28)22-16-11-13(4-5-15(16)21)18(26)24-6-8-27-9-7-24/h1-5,10-11H,6-9H2,(H2,22,23,25,28). The van der Waals surface area contributed by atoms with Crippen molar-refractivity contribution in [3.63, 3.8) is 0 Å². The number of nitrogens with zero attached hydrogens (tertiary/aromatic N) is 1. The van der Waals surface area contributed by atoms with E-state index in [0.717, 1.165) is 0 Å². The first-order valence-electron chi connectivity index (χ1n) is 8.48. The third-order valence-corrected chi connectivity index (χ3v) is 4.84. The minimum Gasteiger partial charge on any atom is -0.378 e. The summed E-state index contributed by atoms with van der Waals surface area (Å²) in [4.78, 5) is 26.6. The molecule has 3 rings (SSSR count). The topological polar surface area (TPSA) is 70.7 Å². The van der Waals surface area contributed by atoms with Crippen LogP contribution in [-0.2, 0) is 4.74 Å². The van der Waals surface area contributed by atoms with Crippen molar-refractivity contribution in [3.8, 4) is 0 Å². The van der Waals surface area contributed by atoms with E-state index in [4.69, 9.17) is 40.2 Å². The lowest BCUT2D eigenvalue weighted by molar-refractivity contribution is 0.0303. The van der Waals surface area contributed by atoms with Crippen LogP contribution in [0.25, 0.3) is 0 Å². The van der Waals surface area contributed by atoms with Gasteiger partial charge in [-0.1, -0.05) is 29.3 Å². The van der Waals surface area contributed by atoms with Gasteiger partial charge in [-0.15, -0.1) is 0 Å². The van der Waals surface area contributed by atoms with Crippen molar-refractivity contribution in [1.29, 1.82) is 0 Å². The van der Waals surface area contributed by atoms with Crippen LogP contribution in [0.4, 0.5) is 5.69 Å². The van der Waals surface area contributed by atoms with Crippen molar-refractivity contribution in [2.75, 3.05) is 31.6 Å². The quantitative estimate of drug-likeness (QED) is 0.717. The molecule has 1 aliphatic rings. The minimum atomic E-state index is -0.406. The average molecular weight is 438 g/mol. The second-order valence-electron chi connectivity index (χ2n) is 6.02. The number of morpholine rings is 1. The Balaban J connectivity index is 1.68. The zero-order valence-corrected chi connectivity index (χ0v) is 17.0. The van der Waals surface area contributed by atoms with E-state index in [2.05, 4.69) is 10.6 Å². The summed E-state index contributed by atoms with van der Waals surface area (Å²) in [5, 5.41) is 6.31. The number of nitrogens with one attached hydrogen (secondary N) is 2. The molecule has 9 heteroatoms. The van der Waals surface area contributed by atoms with Gasteiger partial charge in [0.2, 0.25) is 0 Å². The summed E-state index contributed by atoms with van der Waals surface area (Å²) in [6, 6.07) is 11.4. The normalized spacial score (nSPS) is 13.7. The van der Waals surface area contributed by atoms with E-state index >= 15 is 0 Å². The van der Waals surface area contributed by atoms with Crippen molar-refractivity contribution < 1.29 is 14.3 Å². The maximum absolute atomic E-state index is 12.6. The van der Waals surface area contributed by atoms with Crippen molar-refractivity contribution in [2.24, 2.45) is 0 Å². The Morgan fingerprint density at radius 3 is 2.50 bits per heavy atom. The van der Waals surface area contributed by atoms with E-state index in [1.807, 2.05) is 0 Å². The molecule has 0 radical (unpaired) electrons. The first-order valence-corrected chi connectivity index (χ1v) is 9.65. The molecule has 2 amide bonds. The van der Waals surface area contributed by atoms with Crippen LogP contribution in [0.2, 0.25) is 10.0 Å². The lowest BCUT2D eigenvalue weighted by Crippen LogP contribution is -2.40. The van der Waals surface area contributed by atoms with E-state index in [9.17, 15) is 9.59 Å². The lowest BCUT2D eigenvalue weighted by Gasteiger charge is -2.27. The van der Waals surface area contributed by atoms with Crippen LogP contribution in [0, 0.1) is 0 Å². The summed E-state index contributed by atoms with van der Waals surface area (Å²) in [5.74, 6) is -0.520. The zero-order valence-electron chi connectivity index (χ0n) is 14.7. The molecule has 2 aromatic carbocycles. The van der Waals surface area contributed by atoms with Gasteiger partial charge in [0.1, 0.15) is 0 Å². The molecule has 1 heterocycles. The number of rotatable bonds is 3. The van der Waals surface area contributed by atoms with Crippen molar-refractivity contribution in [1.82, 2.24) is 10.2 Å².